The highest BCUT2D eigenvalue weighted by Gasteiger charge is 2.15. The monoisotopic (exact) mass is 433 g/mol. The molecule has 0 radical (unpaired) electrons. The minimum absolute atomic E-state index is 0.00558. The average molecular weight is 433 g/mol. The molecule has 1 heterocycles. The number of halogens is 1. The summed E-state index contributed by atoms with van der Waals surface area (Å²) >= 11 is 0. The molecule has 7 heteroatoms. The average Bonchev–Trinajstić information content (AvgIpc) is 3.16. The van der Waals surface area contributed by atoms with Gasteiger partial charge in [0.15, 0.2) is 11.5 Å². The SMILES string of the molecule is CCOc1ccccc1OCCn1c(CNC(=O)c2ccccc2F)nc2ccccc21. The lowest BCUT2D eigenvalue weighted by atomic mass is 10.2. The number of benzene rings is 3. The van der Waals surface area contributed by atoms with Gasteiger partial charge in [-0.3, -0.25) is 4.79 Å². The largest absolute Gasteiger partial charge is 0.490 e. The molecule has 3 aromatic carbocycles. The van der Waals surface area contributed by atoms with Gasteiger partial charge in [-0.2, -0.15) is 0 Å². The lowest BCUT2D eigenvalue weighted by Crippen LogP contribution is -2.26. The van der Waals surface area contributed by atoms with E-state index >= 15 is 0 Å². The number of hydrogen-bond donors (Lipinski definition) is 1. The Labute approximate surface area is 185 Å². The first-order chi connectivity index (χ1) is 15.7. The summed E-state index contributed by atoms with van der Waals surface area (Å²) in [6.07, 6.45) is 0. The van der Waals surface area contributed by atoms with Crippen LogP contribution in [-0.4, -0.2) is 28.7 Å². The predicted molar refractivity (Wildman–Crippen MR) is 120 cm³/mol. The van der Waals surface area contributed by atoms with Crippen LogP contribution in [0, 0.1) is 5.82 Å². The summed E-state index contributed by atoms with van der Waals surface area (Å²) < 4.78 is 27.5. The topological polar surface area (TPSA) is 65.4 Å². The van der Waals surface area contributed by atoms with Crippen molar-refractivity contribution >= 4 is 16.9 Å². The number of para-hydroxylation sites is 4. The van der Waals surface area contributed by atoms with E-state index in [2.05, 4.69) is 10.3 Å². The van der Waals surface area contributed by atoms with Gasteiger partial charge >= 0.3 is 0 Å². The maximum atomic E-state index is 13.9. The first kappa shape index (κ1) is 21.4. The second-order valence-electron chi connectivity index (χ2n) is 7.06. The number of nitrogens with one attached hydrogen (secondary N) is 1. The van der Waals surface area contributed by atoms with Gasteiger partial charge in [-0.05, 0) is 43.3 Å². The molecule has 0 unspecified atom stereocenters. The molecule has 1 amide bonds. The molecular weight excluding hydrogens is 409 g/mol. The number of rotatable bonds is 9. The zero-order valence-electron chi connectivity index (χ0n) is 17.8. The number of hydrogen-bond acceptors (Lipinski definition) is 4. The third kappa shape index (κ3) is 4.72. The number of imidazole rings is 1. The van der Waals surface area contributed by atoms with E-state index in [0.717, 1.165) is 11.0 Å². The molecule has 164 valence electrons. The maximum absolute atomic E-state index is 13.9. The molecule has 4 aromatic rings. The highest BCUT2D eigenvalue weighted by Crippen LogP contribution is 2.26. The van der Waals surface area contributed by atoms with E-state index in [-0.39, 0.29) is 12.1 Å². The number of carbonyl (C=O) groups is 1. The van der Waals surface area contributed by atoms with Crippen molar-refractivity contribution in [1.29, 1.82) is 0 Å². The highest BCUT2D eigenvalue weighted by molar-refractivity contribution is 5.94. The Hall–Kier alpha value is -3.87. The van der Waals surface area contributed by atoms with Crippen molar-refractivity contribution < 1.29 is 18.7 Å². The summed E-state index contributed by atoms with van der Waals surface area (Å²) in [5.74, 6) is 0.997. The van der Waals surface area contributed by atoms with E-state index in [1.807, 2.05) is 60.0 Å². The molecule has 0 fully saturated rings. The summed E-state index contributed by atoms with van der Waals surface area (Å²) in [5.41, 5.74) is 1.76. The summed E-state index contributed by atoms with van der Waals surface area (Å²) in [6.45, 7) is 3.55. The van der Waals surface area contributed by atoms with Crippen LogP contribution >= 0.6 is 0 Å². The van der Waals surface area contributed by atoms with Gasteiger partial charge in [0.1, 0.15) is 18.2 Å². The zero-order chi connectivity index (χ0) is 22.3. The van der Waals surface area contributed by atoms with Crippen molar-refractivity contribution in [3.8, 4) is 11.5 Å². The molecule has 0 aliphatic heterocycles. The smallest absolute Gasteiger partial charge is 0.254 e. The minimum atomic E-state index is -0.556. The fourth-order valence-electron chi connectivity index (χ4n) is 3.50. The lowest BCUT2D eigenvalue weighted by molar-refractivity contribution is 0.0945. The van der Waals surface area contributed by atoms with Crippen molar-refractivity contribution in [2.24, 2.45) is 0 Å². The standard InChI is InChI=1S/C25H24FN3O3/c1-2-31-22-13-7-8-14-23(22)32-16-15-29-21-12-6-5-11-20(21)28-24(29)17-27-25(30)18-9-3-4-10-19(18)26/h3-14H,2,15-17H2,1H3,(H,27,30). The van der Waals surface area contributed by atoms with Crippen LogP contribution in [0.15, 0.2) is 72.8 Å². The summed E-state index contributed by atoms with van der Waals surface area (Å²) in [7, 11) is 0. The number of amides is 1. The summed E-state index contributed by atoms with van der Waals surface area (Å²) in [4.78, 5) is 17.1. The molecule has 32 heavy (non-hydrogen) atoms. The van der Waals surface area contributed by atoms with Crippen molar-refractivity contribution in [1.82, 2.24) is 14.9 Å². The number of fused-ring (bicyclic) bond motifs is 1. The predicted octanol–water partition coefficient (Wildman–Crippen LogP) is 4.58. The Bertz CT molecular complexity index is 1220. The van der Waals surface area contributed by atoms with E-state index in [9.17, 15) is 9.18 Å². The number of aromatic nitrogens is 2. The molecule has 0 aliphatic carbocycles. The van der Waals surface area contributed by atoms with Gasteiger partial charge in [-0.25, -0.2) is 9.37 Å². The quantitative estimate of drug-likeness (QED) is 0.420. The molecule has 4 rings (SSSR count). The van der Waals surface area contributed by atoms with Gasteiger partial charge in [0.2, 0.25) is 0 Å². The number of nitrogens with zero attached hydrogens (tertiary/aromatic N) is 2. The molecule has 0 atom stereocenters. The van der Waals surface area contributed by atoms with E-state index in [1.165, 1.54) is 12.1 Å². The Morgan fingerprint density at radius 1 is 0.969 bits per heavy atom. The molecule has 0 saturated heterocycles. The molecule has 0 aliphatic rings. The van der Waals surface area contributed by atoms with Crippen molar-refractivity contribution in [2.75, 3.05) is 13.2 Å². The second-order valence-corrected chi connectivity index (χ2v) is 7.06. The molecule has 0 bridgehead atoms. The molecule has 6 nitrogen and oxygen atoms in total. The van der Waals surface area contributed by atoms with Crippen molar-refractivity contribution in [3.05, 3.63) is 90.0 Å². The first-order valence-electron chi connectivity index (χ1n) is 10.5. The van der Waals surface area contributed by atoms with Gasteiger partial charge in [0.05, 0.1) is 36.3 Å². The van der Waals surface area contributed by atoms with Crippen LogP contribution in [0.25, 0.3) is 11.0 Å². The molecule has 1 N–H and O–H groups in total. The molecule has 0 spiro atoms. The van der Waals surface area contributed by atoms with Gasteiger partial charge in [-0.15, -0.1) is 0 Å². The van der Waals surface area contributed by atoms with Crippen molar-refractivity contribution in [2.45, 2.75) is 20.0 Å². The van der Waals surface area contributed by atoms with Crippen molar-refractivity contribution in [3.63, 3.8) is 0 Å². The van der Waals surface area contributed by atoms with Gasteiger partial charge < -0.3 is 19.4 Å². The van der Waals surface area contributed by atoms with Crippen LogP contribution < -0.4 is 14.8 Å². The Kier molecular flexibility index (Phi) is 6.65. The highest BCUT2D eigenvalue weighted by atomic mass is 19.1. The fraction of sp³-hybridized carbons (Fsp3) is 0.200. The van der Waals surface area contributed by atoms with Crippen LogP contribution in [0.1, 0.15) is 23.1 Å². The fourth-order valence-corrected chi connectivity index (χ4v) is 3.50. The second kappa shape index (κ2) is 9.96. The Morgan fingerprint density at radius 3 is 2.44 bits per heavy atom. The summed E-state index contributed by atoms with van der Waals surface area (Å²) in [5, 5.41) is 2.77. The van der Waals surface area contributed by atoms with E-state index in [0.29, 0.717) is 37.1 Å². The molecule has 1 aromatic heterocycles. The van der Waals surface area contributed by atoms with Gasteiger partial charge in [-0.1, -0.05) is 36.4 Å². The Morgan fingerprint density at radius 2 is 1.66 bits per heavy atom. The van der Waals surface area contributed by atoms with E-state index in [1.54, 1.807) is 12.1 Å². The van der Waals surface area contributed by atoms with Crippen LogP contribution in [0.4, 0.5) is 4.39 Å². The van der Waals surface area contributed by atoms with Crippen LogP contribution in [0.2, 0.25) is 0 Å². The zero-order valence-corrected chi connectivity index (χ0v) is 17.8. The third-order valence-corrected chi connectivity index (χ3v) is 4.98. The summed E-state index contributed by atoms with van der Waals surface area (Å²) in [6, 6.07) is 21.2. The normalized spacial score (nSPS) is 10.8. The van der Waals surface area contributed by atoms with E-state index < -0.39 is 11.7 Å². The maximum Gasteiger partial charge on any atom is 0.254 e. The van der Waals surface area contributed by atoms with Gasteiger partial charge in [0, 0.05) is 0 Å². The van der Waals surface area contributed by atoms with Crippen LogP contribution in [-0.2, 0) is 13.1 Å². The lowest BCUT2D eigenvalue weighted by Gasteiger charge is -2.14. The van der Waals surface area contributed by atoms with Gasteiger partial charge in [0.25, 0.3) is 5.91 Å². The number of ether oxygens (including phenoxy) is 2. The minimum Gasteiger partial charge on any atom is -0.490 e. The van der Waals surface area contributed by atoms with E-state index in [4.69, 9.17) is 9.47 Å². The van der Waals surface area contributed by atoms with Crippen LogP contribution in [0.5, 0.6) is 11.5 Å². The van der Waals surface area contributed by atoms with Crippen LogP contribution in [0.3, 0.4) is 0 Å². The Balaban J connectivity index is 1.49. The first-order valence-corrected chi connectivity index (χ1v) is 10.5. The third-order valence-electron chi connectivity index (χ3n) is 4.98. The molecule has 0 saturated carbocycles. The number of carbonyl (C=O) groups excluding carboxylic acids is 1. The molecular formula is C25H24FN3O3.